The Morgan fingerprint density at radius 2 is 2.08 bits per heavy atom. The molecule has 76 valence electrons. The molecule has 0 fully saturated rings. The number of terminal acetylenes is 1. The fraction of sp³-hybridized carbons (Fsp3) is 0.800. The van der Waals surface area contributed by atoms with Gasteiger partial charge in [0.15, 0.2) is 0 Å². The molecule has 2 atom stereocenters. The molecule has 0 spiro atoms. The molecule has 0 unspecified atom stereocenters. The highest BCUT2D eigenvalue weighted by molar-refractivity contribution is 7.84. The average molecular weight is 201 g/mol. The van der Waals surface area contributed by atoms with Crippen LogP contribution in [0.1, 0.15) is 40.5 Å². The normalized spacial score (nSPS) is 16.2. The third-order valence-corrected chi connectivity index (χ3v) is 3.19. The van der Waals surface area contributed by atoms with Gasteiger partial charge in [0.2, 0.25) is 0 Å². The molecule has 0 aliphatic carbocycles. The average Bonchev–Trinajstić information content (AvgIpc) is 2.01. The summed E-state index contributed by atoms with van der Waals surface area (Å²) in [5, 5.41) is 0. The topological polar surface area (TPSA) is 29.1 Å². The maximum absolute atomic E-state index is 11.6. The minimum Gasteiger partial charge on any atom is -0.242 e. The lowest BCUT2D eigenvalue weighted by atomic mass is 10.2. The maximum Gasteiger partial charge on any atom is 0.0981 e. The highest BCUT2D eigenvalue weighted by Gasteiger charge is 2.21. The Hall–Kier alpha value is -0.330. The van der Waals surface area contributed by atoms with Crippen LogP contribution < -0.4 is 4.72 Å². The second-order valence-corrected chi connectivity index (χ2v) is 6.00. The zero-order valence-electron chi connectivity index (χ0n) is 8.89. The van der Waals surface area contributed by atoms with Crippen molar-refractivity contribution in [1.29, 1.82) is 0 Å². The van der Waals surface area contributed by atoms with Crippen LogP contribution in [-0.2, 0) is 11.0 Å². The summed E-state index contributed by atoms with van der Waals surface area (Å²) in [6.45, 7) is 7.84. The molecule has 3 heteroatoms. The van der Waals surface area contributed by atoms with Gasteiger partial charge < -0.3 is 0 Å². The van der Waals surface area contributed by atoms with E-state index in [4.69, 9.17) is 6.42 Å². The Kier molecular flexibility index (Phi) is 5.27. The van der Waals surface area contributed by atoms with Gasteiger partial charge in [-0.1, -0.05) is 19.3 Å². The quantitative estimate of drug-likeness (QED) is 0.691. The smallest absolute Gasteiger partial charge is 0.0981 e. The van der Waals surface area contributed by atoms with Crippen molar-refractivity contribution < 1.29 is 4.21 Å². The van der Waals surface area contributed by atoms with Crippen LogP contribution in [0.15, 0.2) is 0 Å². The van der Waals surface area contributed by atoms with E-state index in [-0.39, 0.29) is 10.8 Å². The van der Waals surface area contributed by atoms with Crippen molar-refractivity contribution in [3.63, 3.8) is 0 Å². The maximum atomic E-state index is 11.6. The van der Waals surface area contributed by atoms with Gasteiger partial charge in [0.1, 0.15) is 0 Å². The molecule has 0 bridgehead atoms. The highest BCUT2D eigenvalue weighted by atomic mass is 32.2. The molecular formula is C10H19NOS. The fourth-order valence-electron chi connectivity index (χ4n) is 0.771. The SMILES string of the molecule is C#C[C@H](CCC)N[S@](=O)C(C)(C)C. The number of hydrogen-bond acceptors (Lipinski definition) is 1. The third-order valence-electron chi connectivity index (χ3n) is 1.58. The molecule has 0 aliphatic heterocycles. The van der Waals surface area contributed by atoms with Crippen LogP contribution in [0, 0.1) is 12.3 Å². The molecule has 0 radical (unpaired) electrons. The lowest BCUT2D eigenvalue weighted by Crippen LogP contribution is -2.39. The van der Waals surface area contributed by atoms with Gasteiger partial charge in [-0.15, -0.1) is 6.42 Å². The zero-order valence-corrected chi connectivity index (χ0v) is 9.70. The molecule has 0 heterocycles. The fourth-order valence-corrected chi connectivity index (χ4v) is 1.57. The van der Waals surface area contributed by atoms with Crippen molar-refractivity contribution >= 4 is 11.0 Å². The van der Waals surface area contributed by atoms with Crippen molar-refractivity contribution in [2.45, 2.75) is 51.3 Å². The van der Waals surface area contributed by atoms with Crippen LogP contribution in [0.3, 0.4) is 0 Å². The minimum atomic E-state index is -1.06. The Morgan fingerprint density at radius 3 is 2.38 bits per heavy atom. The molecule has 0 aromatic rings. The number of hydrogen-bond donors (Lipinski definition) is 1. The van der Waals surface area contributed by atoms with Gasteiger partial charge in [-0.2, -0.15) is 0 Å². The van der Waals surface area contributed by atoms with Crippen LogP contribution in [0.2, 0.25) is 0 Å². The molecular weight excluding hydrogens is 182 g/mol. The lowest BCUT2D eigenvalue weighted by molar-refractivity contribution is 0.609. The van der Waals surface area contributed by atoms with Gasteiger partial charge in [-0.05, 0) is 27.2 Å². The molecule has 0 saturated heterocycles. The summed E-state index contributed by atoms with van der Waals surface area (Å²) in [6, 6.07) is -0.0648. The predicted molar refractivity (Wildman–Crippen MR) is 58.6 cm³/mol. The summed E-state index contributed by atoms with van der Waals surface area (Å²) >= 11 is 0. The minimum absolute atomic E-state index is 0.0648. The van der Waals surface area contributed by atoms with E-state index < -0.39 is 11.0 Å². The lowest BCUT2D eigenvalue weighted by Gasteiger charge is -2.21. The second-order valence-electron chi connectivity index (χ2n) is 4.01. The van der Waals surface area contributed by atoms with E-state index in [0.29, 0.717) is 0 Å². The molecule has 1 N–H and O–H groups in total. The third kappa shape index (κ3) is 5.07. The Labute approximate surface area is 84.1 Å². The van der Waals surface area contributed by atoms with E-state index in [2.05, 4.69) is 17.6 Å². The monoisotopic (exact) mass is 201 g/mol. The van der Waals surface area contributed by atoms with Crippen molar-refractivity contribution in [2.75, 3.05) is 0 Å². The van der Waals surface area contributed by atoms with E-state index >= 15 is 0 Å². The van der Waals surface area contributed by atoms with Crippen molar-refractivity contribution in [1.82, 2.24) is 4.72 Å². The summed E-state index contributed by atoms with van der Waals surface area (Å²) in [5.41, 5.74) is 0. The first-order chi connectivity index (χ1) is 5.91. The van der Waals surface area contributed by atoms with E-state index in [9.17, 15) is 4.21 Å². The van der Waals surface area contributed by atoms with Gasteiger partial charge in [-0.25, -0.2) is 8.93 Å². The van der Waals surface area contributed by atoms with Gasteiger partial charge in [0, 0.05) is 0 Å². The van der Waals surface area contributed by atoms with Crippen LogP contribution in [0.25, 0.3) is 0 Å². The molecule has 0 saturated carbocycles. The molecule has 0 aliphatic rings. The van der Waals surface area contributed by atoms with Crippen molar-refractivity contribution in [3.8, 4) is 12.3 Å². The van der Waals surface area contributed by atoms with Crippen LogP contribution in [-0.4, -0.2) is 15.0 Å². The van der Waals surface area contributed by atoms with Crippen molar-refractivity contribution in [3.05, 3.63) is 0 Å². The van der Waals surface area contributed by atoms with Gasteiger partial charge in [0.25, 0.3) is 0 Å². The summed E-state index contributed by atoms with van der Waals surface area (Å²) in [4.78, 5) is 0. The van der Waals surface area contributed by atoms with E-state index in [1.54, 1.807) is 0 Å². The van der Waals surface area contributed by atoms with E-state index in [1.165, 1.54) is 0 Å². The first-order valence-corrected chi connectivity index (χ1v) is 5.71. The van der Waals surface area contributed by atoms with E-state index in [1.807, 2.05) is 20.8 Å². The molecule has 0 rings (SSSR count). The van der Waals surface area contributed by atoms with Crippen LogP contribution >= 0.6 is 0 Å². The Bertz CT molecular complexity index is 212. The standard InChI is InChI=1S/C10H19NOS/c1-6-8-9(7-2)11-13(12)10(3,4)5/h2,9,11H,6,8H2,1,3-5H3/t9-,13-/m1/s1. The molecule has 0 amide bonds. The molecule has 13 heavy (non-hydrogen) atoms. The first-order valence-electron chi connectivity index (χ1n) is 4.56. The van der Waals surface area contributed by atoms with Gasteiger partial charge in [-0.3, -0.25) is 0 Å². The largest absolute Gasteiger partial charge is 0.242 e. The highest BCUT2D eigenvalue weighted by Crippen LogP contribution is 2.10. The molecule has 2 nitrogen and oxygen atoms in total. The summed E-state index contributed by atoms with van der Waals surface area (Å²) < 4.78 is 14.3. The first kappa shape index (κ1) is 12.7. The van der Waals surface area contributed by atoms with Crippen LogP contribution in [0.5, 0.6) is 0 Å². The number of nitrogens with one attached hydrogen (secondary N) is 1. The zero-order chi connectivity index (χ0) is 10.5. The summed E-state index contributed by atoms with van der Waals surface area (Å²) in [5.74, 6) is 2.60. The predicted octanol–water partition coefficient (Wildman–Crippen LogP) is 1.84. The van der Waals surface area contributed by atoms with Gasteiger partial charge >= 0.3 is 0 Å². The summed E-state index contributed by atoms with van der Waals surface area (Å²) in [7, 11) is -1.06. The Balaban J connectivity index is 4.12. The van der Waals surface area contributed by atoms with Crippen molar-refractivity contribution in [2.24, 2.45) is 0 Å². The Morgan fingerprint density at radius 1 is 1.54 bits per heavy atom. The molecule has 0 aromatic heterocycles. The van der Waals surface area contributed by atoms with Crippen LogP contribution in [0.4, 0.5) is 0 Å². The number of rotatable bonds is 4. The van der Waals surface area contributed by atoms with Gasteiger partial charge in [0.05, 0.1) is 21.8 Å². The van der Waals surface area contributed by atoms with E-state index in [0.717, 1.165) is 12.8 Å². The molecule has 0 aromatic carbocycles. The second kappa shape index (κ2) is 5.41. The summed E-state index contributed by atoms with van der Waals surface area (Å²) in [6.07, 6.45) is 7.18.